The van der Waals surface area contributed by atoms with Crippen molar-refractivity contribution >= 4 is 28.9 Å². The minimum atomic E-state index is -0.850. The van der Waals surface area contributed by atoms with E-state index >= 15 is 0 Å². The molecule has 1 saturated carbocycles. The summed E-state index contributed by atoms with van der Waals surface area (Å²) in [5.41, 5.74) is 1.41. The molecule has 0 unspecified atom stereocenters. The highest BCUT2D eigenvalue weighted by molar-refractivity contribution is 7.99. The summed E-state index contributed by atoms with van der Waals surface area (Å²) >= 11 is 1.22. The van der Waals surface area contributed by atoms with E-state index < -0.39 is 5.97 Å². The van der Waals surface area contributed by atoms with Crippen molar-refractivity contribution < 1.29 is 14.6 Å². The lowest BCUT2D eigenvalue weighted by molar-refractivity contribution is -0.133. The van der Waals surface area contributed by atoms with E-state index in [9.17, 15) is 4.79 Å². The molecule has 2 aromatic rings. The van der Waals surface area contributed by atoms with E-state index in [4.69, 9.17) is 9.84 Å². The summed E-state index contributed by atoms with van der Waals surface area (Å²) < 4.78 is 7.67. The molecule has 1 fully saturated rings. The third-order valence-electron chi connectivity index (χ3n) is 3.94. The molecular weight excluding hydrogens is 290 g/mol. The van der Waals surface area contributed by atoms with Gasteiger partial charge in [0.05, 0.1) is 17.9 Å². The Morgan fingerprint density at radius 2 is 2.38 bits per heavy atom. The van der Waals surface area contributed by atoms with Crippen molar-refractivity contribution in [2.45, 2.75) is 36.6 Å². The van der Waals surface area contributed by atoms with Crippen LogP contribution in [0.15, 0.2) is 23.5 Å². The van der Waals surface area contributed by atoms with E-state index in [1.54, 1.807) is 13.3 Å². The number of thioether (sulfide) groups is 1. The second kappa shape index (κ2) is 5.65. The number of carbonyl (C=O) groups is 1. The minimum Gasteiger partial charge on any atom is -0.481 e. The van der Waals surface area contributed by atoms with Crippen molar-refractivity contribution in [3.05, 3.63) is 18.3 Å². The van der Waals surface area contributed by atoms with Crippen LogP contribution in [0.3, 0.4) is 0 Å². The number of nitrogens with zero attached hydrogens (tertiary/aromatic N) is 3. The van der Waals surface area contributed by atoms with Crippen LogP contribution in [0, 0.1) is 0 Å². The number of hydrogen-bond donors (Lipinski definition) is 1. The molecule has 0 atom stereocenters. The van der Waals surface area contributed by atoms with Crippen molar-refractivity contribution in [2.24, 2.45) is 0 Å². The highest BCUT2D eigenvalue weighted by Gasteiger charge is 2.38. The van der Waals surface area contributed by atoms with Gasteiger partial charge in [0.25, 0.3) is 0 Å². The summed E-state index contributed by atoms with van der Waals surface area (Å²) in [6.07, 6.45) is 4.91. The van der Waals surface area contributed by atoms with Crippen LogP contribution in [-0.2, 0) is 16.1 Å². The van der Waals surface area contributed by atoms with E-state index in [1.807, 2.05) is 16.7 Å². The van der Waals surface area contributed by atoms with Crippen LogP contribution in [0.4, 0.5) is 0 Å². The quantitative estimate of drug-likeness (QED) is 0.824. The topological polar surface area (TPSA) is 77.2 Å². The molecule has 0 aromatic carbocycles. The number of aliphatic carboxylic acids is 1. The van der Waals surface area contributed by atoms with Crippen LogP contribution in [-0.4, -0.2) is 44.1 Å². The summed E-state index contributed by atoms with van der Waals surface area (Å²) in [6.45, 7) is 0.666. The van der Waals surface area contributed by atoms with Gasteiger partial charge >= 0.3 is 5.97 Å². The summed E-state index contributed by atoms with van der Waals surface area (Å²) in [5.74, 6) is -0.861. The van der Waals surface area contributed by atoms with E-state index in [1.165, 1.54) is 11.8 Å². The van der Waals surface area contributed by atoms with Crippen LogP contribution in [0.25, 0.3) is 11.2 Å². The monoisotopic (exact) mass is 307 g/mol. The van der Waals surface area contributed by atoms with Gasteiger partial charge in [0, 0.05) is 13.3 Å². The first-order valence-electron chi connectivity index (χ1n) is 6.84. The lowest BCUT2D eigenvalue weighted by Crippen LogP contribution is -2.43. The molecule has 0 amide bonds. The van der Waals surface area contributed by atoms with Gasteiger partial charge in [-0.3, -0.25) is 4.79 Å². The largest absolute Gasteiger partial charge is 0.481 e. The molecule has 6 nitrogen and oxygen atoms in total. The van der Waals surface area contributed by atoms with Gasteiger partial charge in [-0.25, -0.2) is 9.97 Å². The highest BCUT2D eigenvalue weighted by Crippen LogP contribution is 2.38. The molecule has 0 aliphatic heterocycles. The molecule has 0 radical (unpaired) electrons. The lowest BCUT2D eigenvalue weighted by Gasteiger charge is -2.40. The Morgan fingerprint density at radius 3 is 3.00 bits per heavy atom. The fourth-order valence-electron chi connectivity index (χ4n) is 2.60. The number of rotatable bonds is 6. The number of methoxy groups -OCH3 is 1. The summed E-state index contributed by atoms with van der Waals surface area (Å²) in [6, 6.07) is 3.73. The summed E-state index contributed by atoms with van der Waals surface area (Å²) in [5, 5.41) is 9.57. The maximum atomic E-state index is 10.8. The lowest BCUT2D eigenvalue weighted by atomic mass is 9.80. The van der Waals surface area contributed by atoms with Crippen LogP contribution >= 0.6 is 11.8 Å². The third-order valence-corrected chi connectivity index (χ3v) is 4.90. The fraction of sp³-hybridized carbons (Fsp3) is 0.500. The van der Waals surface area contributed by atoms with Gasteiger partial charge in [-0.05, 0) is 31.4 Å². The van der Waals surface area contributed by atoms with Crippen LogP contribution < -0.4 is 0 Å². The number of imidazole rings is 1. The Labute approximate surface area is 126 Å². The number of fused-ring (bicyclic) bond motifs is 1. The summed E-state index contributed by atoms with van der Waals surface area (Å²) in [7, 11) is 1.73. The van der Waals surface area contributed by atoms with Gasteiger partial charge in [-0.15, -0.1) is 0 Å². The van der Waals surface area contributed by atoms with Gasteiger partial charge in [-0.2, -0.15) is 0 Å². The predicted octanol–water partition coefficient (Wildman–Crippen LogP) is 2.18. The molecule has 21 heavy (non-hydrogen) atoms. The molecular formula is C14H17N3O3S. The SMILES string of the molecule is COC1(Cn2c(SCC(=O)O)nc3cccnc32)CCC1. The Bertz CT molecular complexity index is 661. The number of ether oxygens (including phenoxy) is 1. The van der Waals surface area contributed by atoms with Crippen LogP contribution in [0.2, 0.25) is 0 Å². The molecule has 1 N–H and O–H groups in total. The first kappa shape index (κ1) is 14.3. The molecule has 112 valence electrons. The molecule has 2 aromatic heterocycles. The van der Waals surface area contributed by atoms with E-state index in [0.29, 0.717) is 11.7 Å². The molecule has 0 spiro atoms. The van der Waals surface area contributed by atoms with E-state index in [-0.39, 0.29) is 11.4 Å². The molecule has 3 rings (SSSR count). The molecule has 1 aliphatic carbocycles. The molecule has 7 heteroatoms. The van der Waals surface area contributed by atoms with Crippen LogP contribution in [0.1, 0.15) is 19.3 Å². The maximum absolute atomic E-state index is 10.8. The number of pyridine rings is 1. The molecule has 1 aliphatic rings. The molecule has 2 heterocycles. The average Bonchev–Trinajstić information content (AvgIpc) is 2.78. The summed E-state index contributed by atoms with van der Waals surface area (Å²) in [4.78, 5) is 19.7. The minimum absolute atomic E-state index is 0.0106. The smallest absolute Gasteiger partial charge is 0.313 e. The Hall–Kier alpha value is -1.60. The van der Waals surface area contributed by atoms with Crippen molar-refractivity contribution in [3.8, 4) is 0 Å². The number of hydrogen-bond acceptors (Lipinski definition) is 5. The van der Waals surface area contributed by atoms with E-state index in [0.717, 1.165) is 30.4 Å². The highest BCUT2D eigenvalue weighted by atomic mass is 32.2. The first-order valence-corrected chi connectivity index (χ1v) is 7.83. The van der Waals surface area contributed by atoms with Gasteiger partial charge in [0.15, 0.2) is 10.8 Å². The fourth-order valence-corrected chi connectivity index (χ4v) is 3.33. The van der Waals surface area contributed by atoms with Crippen molar-refractivity contribution in [1.29, 1.82) is 0 Å². The zero-order chi connectivity index (χ0) is 14.9. The first-order chi connectivity index (χ1) is 10.1. The second-order valence-electron chi connectivity index (χ2n) is 5.25. The molecule has 0 saturated heterocycles. The number of aromatic nitrogens is 3. The van der Waals surface area contributed by atoms with Crippen molar-refractivity contribution in [2.75, 3.05) is 12.9 Å². The average molecular weight is 307 g/mol. The zero-order valence-corrected chi connectivity index (χ0v) is 12.6. The second-order valence-corrected chi connectivity index (χ2v) is 6.19. The third kappa shape index (κ3) is 2.75. The van der Waals surface area contributed by atoms with Crippen molar-refractivity contribution in [3.63, 3.8) is 0 Å². The zero-order valence-electron chi connectivity index (χ0n) is 11.8. The van der Waals surface area contributed by atoms with Gasteiger partial charge < -0.3 is 14.4 Å². The maximum Gasteiger partial charge on any atom is 0.313 e. The number of carboxylic acids is 1. The van der Waals surface area contributed by atoms with Gasteiger partial charge in [0.2, 0.25) is 0 Å². The van der Waals surface area contributed by atoms with E-state index in [2.05, 4.69) is 9.97 Å². The van der Waals surface area contributed by atoms with Gasteiger partial charge in [-0.1, -0.05) is 11.8 Å². The number of carboxylic acid groups (broad SMARTS) is 1. The predicted molar refractivity (Wildman–Crippen MR) is 79.5 cm³/mol. The normalized spacial score (nSPS) is 16.8. The Balaban J connectivity index is 1.96. The Morgan fingerprint density at radius 1 is 1.57 bits per heavy atom. The molecule has 0 bridgehead atoms. The standard InChI is InChI=1S/C14H17N3O3S/c1-20-14(5-3-6-14)9-17-12-10(4-2-7-15-12)16-13(17)21-8-11(18)19/h2,4,7H,3,5-6,8-9H2,1H3,(H,18,19). The van der Waals surface area contributed by atoms with Gasteiger partial charge in [0.1, 0.15) is 5.52 Å². The Kier molecular flexibility index (Phi) is 3.86. The van der Waals surface area contributed by atoms with Crippen molar-refractivity contribution in [1.82, 2.24) is 14.5 Å². The van der Waals surface area contributed by atoms with Crippen LogP contribution in [0.5, 0.6) is 0 Å².